The number of imide groups is 1. The minimum atomic E-state index is -1.19. The average molecular weight is 444 g/mol. The van der Waals surface area contributed by atoms with E-state index < -0.39 is 23.4 Å². The van der Waals surface area contributed by atoms with E-state index in [4.69, 9.17) is 0 Å². The molecule has 1 fully saturated rings. The molecule has 0 spiro atoms. The highest BCUT2D eigenvalue weighted by Crippen LogP contribution is 2.30. The van der Waals surface area contributed by atoms with Crippen LogP contribution in [-0.4, -0.2) is 29.3 Å². The van der Waals surface area contributed by atoms with Crippen LogP contribution in [0.3, 0.4) is 0 Å². The summed E-state index contributed by atoms with van der Waals surface area (Å²) in [5.41, 5.74) is 1.23. The van der Waals surface area contributed by atoms with Gasteiger partial charge in [0.15, 0.2) is 0 Å². The maximum atomic E-state index is 12.9. The van der Waals surface area contributed by atoms with Crippen molar-refractivity contribution in [3.05, 3.63) is 64.1 Å². The second kappa shape index (κ2) is 7.75. The van der Waals surface area contributed by atoms with Gasteiger partial charge in [0.25, 0.3) is 5.91 Å². The van der Waals surface area contributed by atoms with Crippen molar-refractivity contribution in [3.8, 4) is 0 Å². The Morgan fingerprint density at radius 1 is 1.11 bits per heavy atom. The number of nitrogens with one attached hydrogen (secondary N) is 2. The number of nitrogens with zero attached hydrogens (tertiary/aromatic N) is 1. The van der Waals surface area contributed by atoms with E-state index in [0.717, 1.165) is 14.9 Å². The molecule has 1 atom stereocenters. The third-order valence-corrected chi connectivity index (χ3v) is 5.39. The quantitative estimate of drug-likeness (QED) is 0.685. The summed E-state index contributed by atoms with van der Waals surface area (Å²) in [5.74, 6) is -0.513. The third kappa shape index (κ3) is 3.94. The molecule has 0 aromatic heterocycles. The molecule has 7 heteroatoms. The van der Waals surface area contributed by atoms with Gasteiger partial charge in [-0.25, -0.2) is 4.79 Å². The summed E-state index contributed by atoms with van der Waals surface area (Å²) in [6, 6.07) is 14.1. The number of benzene rings is 2. The lowest BCUT2D eigenvalue weighted by molar-refractivity contribution is -0.133. The predicted octanol–water partition coefficient (Wildman–Crippen LogP) is 3.98. The van der Waals surface area contributed by atoms with Crippen LogP contribution in [0.2, 0.25) is 0 Å². The number of carbonyl (C=O) groups is 3. The lowest BCUT2D eigenvalue weighted by atomic mass is 9.90. The zero-order chi connectivity index (χ0) is 20.5. The number of hydrogen-bond donors (Lipinski definition) is 2. The van der Waals surface area contributed by atoms with E-state index in [9.17, 15) is 14.4 Å². The van der Waals surface area contributed by atoms with Crippen molar-refractivity contribution in [1.29, 1.82) is 0 Å². The van der Waals surface area contributed by atoms with Crippen molar-refractivity contribution < 1.29 is 14.4 Å². The van der Waals surface area contributed by atoms with E-state index in [-0.39, 0.29) is 6.54 Å². The number of carbonyl (C=O) groups excluding carboxylic acids is 3. The van der Waals surface area contributed by atoms with Crippen LogP contribution in [0.25, 0.3) is 0 Å². The smallest absolute Gasteiger partial charge is 0.325 e. The van der Waals surface area contributed by atoms with Gasteiger partial charge in [-0.2, -0.15) is 0 Å². The SMILES string of the molecule is CC(C)c1ccc(C2(C)NC(=O)N(CC(=O)Nc3ccc(Br)cc3)C2=O)cc1. The van der Waals surface area contributed by atoms with Crippen molar-refractivity contribution in [2.24, 2.45) is 0 Å². The second-order valence-corrected chi connectivity index (χ2v) is 8.19. The van der Waals surface area contributed by atoms with Crippen LogP contribution >= 0.6 is 15.9 Å². The predicted molar refractivity (Wildman–Crippen MR) is 111 cm³/mol. The molecule has 2 N–H and O–H groups in total. The van der Waals surface area contributed by atoms with Gasteiger partial charge in [-0.15, -0.1) is 0 Å². The number of amides is 4. The van der Waals surface area contributed by atoms with Crippen molar-refractivity contribution in [2.75, 3.05) is 11.9 Å². The van der Waals surface area contributed by atoms with E-state index in [1.54, 1.807) is 31.2 Å². The molecule has 1 unspecified atom stereocenters. The minimum Gasteiger partial charge on any atom is -0.325 e. The molecular weight excluding hydrogens is 422 g/mol. The summed E-state index contributed by atoms with van der Waals surface area (Å²) in [6.07, 6.45) is 0. The van der Waals surface area contributed by atoms with Gasteiger partial charge in [0.2, 0.25) is 5.91 Å². The topological polar surface area (TPSA) is 78.5 Å². The van der Waals surface area contributed by atoms with Crippen LogP contribution in [0, 0.1) is 0 Å². The maximum absolute atomic E-state index is 12.9. The molecule has 1 saturated heterocycles. The average Bonchev–Trinajstić information content (AvgIpc) is 2.88. The monoisotopic (exact) mass is 443 g/mol. The fraction of sp³-hybridized carbons (Fsp3) is 0.286. The number of rotatable bonds is 5. The fourth-order valence-corrected chi connectivity index (χ4v) is 3.38. The van der Waals surface area contributed by atoms with Crippen LogP contribution in [0.5, 0.6) is 0 Å². The summed E-state index contributed by atoms with van der Waals surface area (Å²) in [4.78, 5) is 38.6. The van der Waals surface area contributed by atoms with Crippen LogP contribution in [0.4, 0.5) is 10.5 Å². The van der Waals surface area contributed by atoms with Crippen molar-refractivity contribution in [2.45, 2.75) is 32.2 Å². The Labute approximate surface area is 172 Å². The van der Waals surface area contributed by atoms with E-state index in [1.165, 1.54) is 0 Å². The molecular formula is C21H22BrN3O3. The molecule has 4 amide bonds. The standard InChI is InChI=1S/C21H22BrN3O3/c1-13(2)14-4-6-15(7-5-14)21(3)19(27)25(20(28)24-21)12-18(26)23-17-10-8-16(22)9-11-17/h4-11,13H,12H2,1-3H3,(H,23,26)(H,24,28). The van der Waals surface area contributed by atoms with Gasteiger partial charge in [0.1, 0.15) is 12.1 Å². The van der Waals surface area contributed by atoms with E-state index >= 15 is 0 Å². The number of anilines is 1. The molecule has 2 aromatic rings. The first-order chi connectivity index (χ1) is 13.2. The van der Waals surface area contributed by atoms with Crippen molar-refractivity contribution in [3.63, 3.8) is 0 Å². The van der Waals surface area contributed by atoms with Gasteiger partial charge in [-0.3, -0.25) is 14.5 Å². The van der Waals surface area contributed by atoms with Crippen LogP contribution in [0.15, 0.2) is 53.0 Å². The fourth-order valence-electron chi connectivity index (χ4n) is 3.11. The molecule has 0 radical (unpaired) electrons. The van der Waals surface area contributed by atoms with Crippen molar-refractivity contribution >= 4 is 39.5 Å². The van der Waals surface area contributed by atoms with Crippen molar-refractivity contribution in [1.82, 2.24) is 10.2 Å². The van der Waals surface area contributed by atoms with Crippen LogP contribution in [0.1, 0.15) is 37.8 Å². The molecule has 1 aliphatic heterocycles. The summed E-state index contributed by atoms with van der Waals surface area (Å²) < 4.78 is 0.888. The maximum Gasteiger partial charge on any atom is 0.325 e. The van der Waals surface area contributed by atoms with Gasteiger partial charge in [-0.1, -0.05) is 54.0 Å². The molecule has 1 aliphatic rings. The molecule has 0 saturated carbocycles. The molecule has 1 heterocycles. The highest BCUT2D eigenvalue weighted by molar-refractivity contribution is 9.10. The van der Waals surface area contributed by atoms with Crippen LogP contribution in [-0.2, 0) is 15.1 Å². The first kappa shape index (κ1) is 20.1. The number of halogens is 1. The second-order valence-electron chi connectivity index (χ2n) is 7.28. The summed E-state index contributed by atoms with van der Waals surface area (Å²) in [6.45, 7) is 5.49. The first-order valence-electron chi connectivity index (χ1n) is 9.00. The summed E-state index contributed by atoms with van der Waals surface area (Å²) in [5, 5.41) is 5.41. The Morgan fingerprint density at radius 2 is 1.71 bits per heavy atom. The van der Waals surface area contributed by atoms with Gasteiger partial charge in [-0.05, 0) is 48.2 Å². The molecule has 3 rings (SSSR count). The number of urea groups is 1. The Kier molecular flexibility index (Phi) is 5.56. The Hall–Kier alpha value is -2.67. The Balaban J connectivity index is 1.73. The Bertz CT molecular complexity index is 909. The normalized spacial score (nSPS) is 19.1. The lowest BCUT2D eigenvalue weighted by Gasteiger charge is -2.22. The number of hydrogen-bond acceptors (Lipinski definition) is 3. The first-order valence-corrected chi connectivity index (χ1v) is 9.80. The molecule has 0 aliphatic carbocycles. The summed E-state index contributed by atoms with van der Waals surface area (Å²) >= 11 is 3.33. The summed E-state index contributed by atoms with van der Waals surface area (Å²) in [7, 11) is 0. The van der Waals surface area contributed by atoms with Gasteiger partial charge in [0, 0.05) is 10.2 Å². The molecule has 2 aromatic carbocycles. The third-order valence-electron chi connectivity index (χ3n) is 4.86. The highest BCUT2D eigenvalue weighted by atomic mass is 79.9. The van der Waals surface area contributed by atoms with Gasteiger partial charge < -0.3 is 10.6 Å². The van der Waals surface area contributed by atoms with Gasteiger partial charge >= 0.3 is 6.03 Å². The van der Waals surface area contributed by atoms with E-state index in [1.807, 2.05) is 24.3 Å². The minimum absolute atomic E-state index is 0.347. The zero-order valence-electron chi connectivity index (χ0n) is 16.0. The zero-order valence-corrected chi connectivity index (χ0v) is 17.5. The van der Waals surface area contributed by atoms with Crippen LogP contribution < -0.4 is 10.6 Å². The molecule has 6 nitrogen and oxygen atoms in total. The molecule has 0 bridgehead atoms. The Morgan fingerprint density at radius 3 is 2.29 bits per heavy atom. The van der Waals surface area contributed by atoms with Gasteiger partial charge in [0.05, 0.1) is 0 Å². The largest absolute Gasteiger partial charge is 0.325 e. The van der Waals surface area contributed by atoms with E-state index in [2.05, 4.69) is 40.4 Å². The lowest BCUT2D eigenvalue weighted by Crippen LogP contribution is -2.42. The molecule has 146 valence electrons. The van der Waals surface area contributed by atoms with E-state index in [0.29, 0.717) is 17.2 Å². The highest BCUT2D eigenvalue weighted by Gasteiger charge is 2.49. The molecule has 28 heavy (non-hydrogen) atoms.